The van der Waals surface area contributed by atoms with Gasteiger partial charge in [-0.05, 0) is 24.3 Å². The molecule has 0 unspecified atom stereocenters. The summed E-state index contributed by atoms with van der Waals surface area (Å²) < 4.78 is 2.32. The average Bonchev–Trinajstić information content (AvgIpc) is 2.82. The van der Waals surface area contributed by atoms with Crippen molar-refractivity contribution in [2.24, 2.45) is 0 Å². The molecule has 0 saturated heterocycles. The van der Waals surface area contributed by atoms with Gasteiger partial charge in [0.2, 0.25) is 5.91 Å². The van der Waals surface area contributed by atoms with Crippen LogP contribution in [0, 0.1) is 11.3 Å². The predicted octanol–water partition coefficient (Wildman–Crippen LogP) is 2.16. The molecular weight excluding hydrogens is 296 g/mol. The van der Waals surface area contributed by atoms with E-state index in [0.717, 1.165) is 4.47 Å². The number of carbonyl (C=O) groups excluding carboxylic acids is 1. The van der Waals surface area contributed by atoms with Gasteiger partial charge >= 0.3 is 0 Å². The van der Waals surface area contributed by atoms with E-state index in [0.29, 0.717) is 11.3 Å². The van der Waals surface area contributed by atoms with Crippen LogP contribution in [0.15, 0.2) is 41.1 Å². The lowest BCUT2D eigenvalue weighted by Gasteiger charge is -2.07. The van der Waals surface area contributed by atoms with Gasteiger partial charge in [0.1, 0.15) is 12.6 Å². The third-order valence-corrected chi connectivity index (χ3v) is 2.73. The van der Waals surface area contributed by atoms with Crippen molar-refractivity contribution in [2.75, 3.05) is 5.32 Å². The van der Waals surface area contributed by atoms with Gasteiger partial charge in [-0.2, -0.15) is 10.4 Å². The zero-order chi connectivity index (χ0) is 13.0. The maximum atomic E-state index is 11.8. The summed E-state index contributed by atoms with van der Waals surface area (Å²) in [6.45, 7) is 0.115. The molecule has 2 aromatic rings. The molecular formula is C12H9BrN4O. The smallest absolute Gasteiger partial charge is 0.246 e. The molecule has 0 bridgehead atoms. The molecule has 18 heavy (non-hydrogen) atoms. The van der Waals surface area contributed by atoms with Gasteiger partial charge in [0.15, 0.2) is 0 Å². The Morgan fingerprint density at radius 3 is 3.06 bits per heavy atom. The van der Waals surface area contributed by atoms with Gasteiger partial charge in [-0.1, -0.05) is 15.9 Å². The standard InChI is InChI=1S/C12H9BrN4O/c13-10-3-2-9(7-14)11(6-10)16-12(18)8-17-5-1-4-15-17/h1-6H,8H2,(H,16,18). The number of aromatic nitrogens is 2. The van der Waals surface area contributed by atoms with E-state index in [1.54, 1.807) is 36.7 Å². The Morgan fingerprint density at radius 1 is 1.56 bits per heavy atom. The molecule has 0 atom stereocenters. The lowest BCUT2D eigenvalue weighted by molar-refractivity contribution is -0.116. The second-order valence-corrected chi connectivity index (χ2v) is 4.47. The minimum Gasteiger partial charge on any atom is -0.323 e. The number of rotatable bonds is 3. The molecule has 1 aromatic heterocycles. The lowest BCUT2D eigenvalue weighted by Crippen LogP contribution is -2.19. The summed E-state index contributed by atoms with van der Waals surface area (Å²) in [4.78, 5) is 11.8. The van der Waals surface area contributed by atoms with Gasteiger partial charge in [-0.15, -0.1) is 0 Å². The second-order valence-electron chi connectivity index (χ2n) is 3.55. The number of hydrogen-bond acceptors (Lipinski definition) is 3. The first-order chi connectivity index (χ1) is 8.69. The van der Waals surface area contributed by atoms with E-state index in [4.69, 9.17) is 5.26 Å². The number of benzene rings is 1. The third-order valence-electron chi connectivity index (χ3n) is 2.24. The Kier molecular flexibility index (Phi) is 3.75. The van der Waals surface area contributed by atoms with Gasteiger partial charge in [0.25, 0.3) is 0 Å². The Bertz CT molecular complexity index is 601. The number of nitrogens with one attached hydrogen (secondary N) is 1. The van der Waals surface area contributed by atoms with Gasteiger partial charge in [-0.25, -0.2) is 0 Å². The molecule has 1 heterocycles. The normalized spacial score (nSPS) is 9.78. The molecule has 0 saturated carbocycles. The quantitative estimate of drug-likeness (QED) is 0.944. The molecule has 0 radical (unpaired) electrons. The highest BCUT2D eigenvalue weighted by Gasteiger charge is 2.08. The highest BCUT2D eigenvalue weighted by atomic mass is 79.9. The molecule has 1 N–H and O–H groups in total. The van der Waals surface area contributed by atoms with Crippen molar-refractivity contribution in [3.8, 4) is 6.07 Å². The molecule has 1 aromatic carbocycles. The summed E-state index contributed by atoms with van der Waals surface area (Å²) in [6, 6.07) is 8.86. The number of amides is 1. The molecule has 0 spiro atoms. The van der Waals surface area contributed by atoms with E-state index in [1.807, 2.05) is 6.07 Å². The highest BCUT2D eigenvalue weighted by Crippen LogP contribution is 2.20. The Hall–Kier alpha value is -2.13. The van der Waals surface area contributed by atoms with E-state index >= 15 is 0 Å². The van der Waals surface area contributed by atoms with Crippen LogP contribution in [0.25, 0.3) is 0 Å². The molecule has 0 aliphatic carbocycles. The van der Waals surface area contributed by atoms with E-state index in [1.165, 1.54) is 4.68 Å². The van der Waals surface area contributed by atoms with Crippen LogP contribution in [0.5, 0.6) is 0 Å². The molecule has 2 rings (SSSR count). The van der Waals surface area contributed by atoms with E-state index in [-0.39, 0.29) is 12.5 Å². The number of nitrogens with zero attached hydrogens (tertiary/aromatic N) is 3. The fourth-order valence-corrected chi connectivity index (χ4v) is 1.81. The fraction of sp³-hybridized carbons (Fsp3) is 0.0833. The first-order valence-electron chi connectivity index (χ1n) is 5.16. The first kappa shape index (κ1) is 12.3. The van der Waals surface area contributed by atoms with Crippen molar-refractivity contribution in [1.82, 2.24) is 9.78 Å². The first-order valence-corrected chi connectivity index (χ1v) is 5.95. The van der Waals surface area contributed by atoms with Crippen LogP contribution in [0.4, 0.5) is 5.69 Å². The third kappa shape index (κ3) is 2.96. The van der Waals surface area contributed by atoms with Crippen LogP contribution in [0.2, 0.25) is 0 Å². The summed E-state index contributed by atoms with van der Waals surface area (Å²) >= 11 is 3.30. The number of halogens is 1. The van der Waals surface area contributed by atoms with Crippen LogP contribution in [-0.2, 0) is 11.3 Å². The van der Waals surface area contributed by atoms with E-state index in [2.05, 4.69) is 26.3 Å². The van der Waals surface area contributed by atoms with Crippen molar-refractivity contribution in [3.63, 3.8) is 0 Å². The maximum absolute atomic E-state index is 11.8. The van der Waals surface area contributed by atoms with Crippen molar-refractivity contribution in [1.29, 1.82) is 5.26 Å². The topological polar surface area (TPSA) is 70.7 Å². The Morgan fingerprint density at radius 2 is 2.39 bits per heavy atom. The van der Waals surface area contributed by atoms with Gasteiger partial charge < -0.3 is 5.32 Å². The average molecular weight is 305 g/mol. The minimum atomic E-state index is -0.228. The second kappa shape index (κ2) is 5.47. The number of anilines is 1. The van der Waals surface area contributed by atoms with Crippen LogP contribution in [0.3, 0.4) is 0 Å². The highest BCUT2D eigenvalue weighted by molar-refractivity contribution is 9.10. The van der Waals surface area contributed by atoms with Crippen LogP contribution in [0.1, 0.15) is 5.56 Å². The predicted molar refractivity (Wildman–Crippen MR) is 69.7 cm³/mol. The summed E-state index contributed by atoms with van der Waals surface area (Å²) in [5, 5.41) is 15.6. The molecule has 0 fully saturated rings. The summed E-state index contributed by atoms with van der Waals surface area (Å²) in [7, 11) is 0. The summed E-state index contributed by atoms with van der Waals surface area (Å²) in [5.74, 6) is -0.228. The van der Waals surface area contributed by atoms with E-state index < -0.39 is 0 Å². The zero-order valence-electron chi connectivity index (χ0n) is 9.30. The van der Waals surface area contributed by atoms with Gasteiger partial charge in [0.05, 0.1) is 11.3 Å². The number of nitriles is 1. The fourth-order valence-electron chi connectivity index (χ4n) is 1.45. The van der Waals surface area contributed by atoms with Crippen molar-refractivity contribution < 1.29 is 4.79 Å². The molecule has 1 amide bonds. The zero-order valence-corrected chi connectivity index (χ0v) is 10.9. The molecule has 0 aliphatic heterocycles. The van der Waals surface area contributed by atoms with Crippen LogP contribution < -0.4 is 5.32 Å². The van der Waals surface area contributed by atoms with E-state index in [9.17, 15) is 4.79 Å². The largest absolute Gasteiger partial charge is 0.323 e. The van der Waals surface area contributed by atoms with Crippen LogP contribution >= 0.6 is 15.9 Å². The summed E-state index contributed by atoms with van der Waals surface area (Å²) in [6.07, 6.45) is 3.30. The number of carbonyl (C=O) groups is 1. The van der Waals surface area contributed by atoms with Crippen molar-refractivity contribution >= 4 is 27.5 Å². The van der Waals surface area contributed by atoms with Crippen LogP contribution in [-0.4, -0.2) is 15.7 Å². The van der Waals surface area contributed by atoms with Gasteiger partial charge in [-0.3, -0.25) is 9.48 Å². The SMILES string of the molecule is N#Cc1ccc(Br)cc1NC(=O)Cn1cccn1. The monoisotopic (exact) mass is 304 g/mol. The van der Waals surface area contributed by atoms with Crippen molar-refractivity contribution in [2.45, 2.75) is 6.54 Å². The van der Waals surface area contributed by atoms with Gasteiger partial charge in [0, 0.05) is 16.9 Å². The molecule has 5 nitrogen and oxygen atoms in total. The lowest BCUT2D eigenvalue weighted by atomic mass is 10.2. The maximum Gasteiger partial charge on any atom is 0.246 e. The number of hydrogen-bond donors (Lipinski definition) is 1. The minimum absolute atomic E-state index is 0.115. The molecule has 6 heteroatoms. The molecule has 90 valence electrons. The molecule has 0 aliphatic rings. The Balaban J connectivity index is 2.12. The Labute approximate surface area is 112 Å². The summed E-state index contributed by atoms with van der Waals surface area (Å²) in [5.41, 5.74) is 0.913. The van der Waals surface area contributed by atoms with Crippen molar-refractivity contribution in [3.05, 3.63) is 46.7 Å².